The van der Waals surface area contributed by atoms with E-state index < -0.39 is 5.41 Å². The minimum atomic E-state index is -0.604. The number of carbonyl (C=O) groups excluding carboxylic acids is 2. The Labute approximate surface area is 134 Å². The first-order valence-electron chi connectivity index (χ1n) is 7.70. The molecule has 2 aromatic rings. The highest BCUT2D eigenvalue weighted by atomic mass is 16.5. The first kappa shape index (κ1) is 15.4. The first-order valence-corrected chi connectivity index (χ1v) is 7.70. The molecule has 1 aliphatic heterocycles. The van der Waals surface area contributed by atoms with Gasteiger partial charge >= 0.3 is 12.0 Å². The Morgan fingerprint density at radius 3 is 2.91 bits per heavy atom. The van der Waals surface area contributed by atoms with E-state index >= 15 is 0 Å². The molecule has 0 aliphatic carbocycles. The van der Waals surface area contributed by atoms with E-state index in [2.05, 4.69) is 10.3 Å². The van der Waals surface area contributed by atoms with E-state index in [-0.39, 0.29) is 12.0 Å². The Kier molecular flexibility index (Phi) is 3.98. The zero-order valence-electron chi connectivity index (χ0n) is 13.4. The number of rotatable bonds is 3. The molecule has 0 saturated carbocycles. The number of aromatic nitrogens is 1. The van der Waals surface area contributed by atoms with Gasteiger partial charge in [0.05, 0.1) is 19.1 Å². The summed E-state index contributed by atoms with van der Waals surface area (Å²) in [4.78, 5) is 29.0. The molecule has 1 atom stereocenters. The first-order chi connectivity index (χ1) is 11.0. The molecule has 2 N–H and O–H groups in total. The predicted octanol–water partition coefficient (Wildman–Crippen LogP) is 2.26. The van der Waals surface area contributed by atoms with Crippen LogP contribution in [-0.2, 0) is 16.1 Å². The Hall–Kier alpha value is -2.50. The molecule has 1 saturated heterocycles. The number of hydrogen-bond donors (Lipinski definition) is 2. The van der Waals surface area contributed by atoms with Crippen LogP contribution >= 0.6 is 0 Å². The number of methoxy groups -OCH3 is 1. The Bertz CT molecular complexity index is 707. The Balaban J connectivity index is 1.58. The molecule has 0 radical (unpaired) electrons. The van der Waals surface area contributed by atoms with Gasteiger partial charge in [-0.05, 0) is 30.9 Å². The Morgan fingerprint density at radius 1 is 1.39 bits per heavy atom. The highest BCUT2D eigenvalue weighted by Gasteiger charge is 2.42. The molecule has 1 aliphatic rings. The zero-order chi connectivity index (χ0) is 16.4. The van der Waals surface area contributed by atoms with Crippen LogP contribution in [0.2, 0.25) is 0 Å². The molecule has 1 aromatic heterocycles. The van der Waals surface area contributed by atoms with Gasteiger partial charge in [-0.15, -0.1) is 0 Å². The van der Waals surface area contributed by atoms with Crippen molar-refractivity contribution in [2.75, 3.05) is 20.2 Å². The summed E-state index contributed by atoms with van der Waals surface area (Å²) in [6.45, 7) is 3.21. The van der Waals surface area contributed by atoms with E-state index in [4.69, 9.17) is 4.74 Å². The fourth-order valence-corrected chi connectivity index (χ4v) is 3.06. The van der Waals surface area contributed by atoms with E-state index in [0.717, 1.165) is 16.6 Å². The molecule has 6 heteroatoms. The SMILES string of the molecule is COC(=O)[C@@]1(C)CCN(C(=O)NCc2cc3ccccc3[nH]2)C1. The second-order valence-corrected chi connectivity index (χ2v) is 6.26. The number of H-pyrrole nitrogens is 1. The van der Waals surface area contributed by atoms with Gasteiger partial charge in [0.1, 0.15) is 0 Å². The summed E-state index contributed by atoms with van der Waals surface area (Å²) in [5, 5.41) is 4.02. The average molecular weight is 315 g/mol. The molecule has 23 heavy (non-hydrogen) atoms. The smallest absolute Gasteiger partial charge is 0.317 e. The van der Waals surface area contributed by atoms with Gasteiger partial charge in [0.15, 0.2) is 0 Å². The number of benzene rings is 1. The number of fused-ring (bicyclic) bond motifs is 1. The molecule has 0 bridgehead atoms. The lowest BCUT2D eigenvalue weighted by atomic mass is 9.90. The maximum Gasteiger partial charge on any atom is 0.317 e. The van der Waals surface area contributed by atoms with Crippen molar-refractivity contribution in [1.29, 1.82) is 0 Å². The number of ether oxygens (including phenoxy) is 1. The van der Waals surface area contributed by atoms with E-state index in [0.29, 0.717) is 26.1 Å². The van der Waals surface area contributed by atoms with E-state index in [1.807, 2.05) is 37.3 Å². The molecular formula is C17H21N3O3. The van der Waals surface area contributed by atoms with Gasteiger partial charge in [-0.2, -0.15) is 0 Å². The van der Waals surface area contributed by atoms with Crippen molar-refractivity contribution in [1.82, 2.24) is 15.2 Å². The number of hydrogen-bond acceptors (Lipinski definition) is 3. The number of nitrogens with zero attached hydrogens (tertiary/aromatic N) is 1. The number of carbonyl (C=O) groups is 2. The van der Waals surface area contributed by atoms with Crippen molar-refractivity contribution in [3.63, 3.8) is 0 Å². The van der Waals surface area contributed by atoms with Crippen LogP contribution in [0.15, 0.2) is 30.3 Å². The zero-order valence-corrected chi connectivity index (χ0v) is 13.4. The maximum atomic E-state index is 12.3. The molecule has 6 nitrogen and oxygen atoms in total. The van der Waals surface area contributed by atoms with E-state index in [1.165, 1.54) is 7.11 Å². The molecular weight excluding hydrogens is 294 g/mol. The van der Waals surface area contributed by atoms with Crippen LogP contribution in [0.4, 0.5) is 4.79 Å². The van der Waals surface area contributed by atoms with Crippen LogP contribution < -0.4 is 5.32 Å². The van der Waals surface area contributed by atoms with Gasteiger partial charge in [-0.3, -0.25) is 4.79 Å². The van der Waals surface area contributed by atoms with Crippen molar-refractivity contribution in [2.45, 2.75) is 19.9 Å². The van der Waals surface area contributed by atoms with Crippen LogP contribution in [-0.4, -0.2) is 42.1 Å². The molecule has 3 rings (SSSR count). The second kappa shape index (κ2) is 5.95. The lowest BCUT2D eigenvalue weighted by Crippen LogP contribution is -2.40. The molecule has 2 heterocycles. The fourth-order valence-electron chi connectivity index (χ4n) is 3.06. The van der Waals surface area contributed by atoms with Crippen molar-refractivity contribution in [2.24, 2.45) is 5.41 Å². The van der Waals surface area contributed by atoms with E-state index in [9.17, 15) is 9.59 Å². The van der Waals surface area contributed by atoms with Gasteiger partial charge in [0, 0.05) is 24.3 Å². The molecule has 122 valence electrons. The Morgan fingerprint density at radius 2 is 2.17 bits per heavy atom. The average Bonchev–Trinajstić information content (AvgIpc) is 3.16. The lowest BCUT2D eigenvalue weighted by Gasteiger charge is -2.22. The van der Waals surface area contributed by atoms with E-state index in [1.54, 1.807) is 4.90 Å². The fraction of sp³-hybridized carbons (Fsp3) is 0.412. The minimum Gasteiger partial charge on any atom is -0.469 e. The maximum absolute atomic E-state index is 12.3. The monoisotopic (exact) mass is 315 g/mol. The third-order valence-corrected chi connectivity index (χ3v) is 4.45. The largest absolute Gasteiger partial charge is 0.469 e. The quantitative estimate of drug-likeness (QED) is 0.853. The van der Waals surface area contributed by atoms with Crippen molar-refractivity contribution in [3.05, 3.63) is 36.0 Å². The number of esters is 1. The second-order valence-electron chi connectivity index (χ2n) is 6.26. The number of aromatic amines is 1. The van der Waals surface area contributed by atoms with Crippen molar-refractivity contribution < 1.29 is 14.3 Å². The molecule has 2 amide bonds. The van der Waals surface area contributed by atoms with Gasteiger partial charge < -0.3 is 19.9 Å². The summed E-state index contributed by atoms with van der Waals surface area (Å²) in [7, 11) is 1.38. The topological polar surface area (TPSA) is 74.4 Å². The summed E-state index contributed by atoms with van der Waals surface area (Å²) in [6, 6.07) is 9.85. The molecule has 1 fully saturated rings. The summed E-state index contributed by atoms with van der Waals surface area (Å²) in [5.41, 5.74) is 1.40. The standard InChI is InChI=1S/C17H21N3O3/c1-17(15(21)23-2)7-8-20(11-17)16(22)18-10-13-9-12-5-3-4-6-14(12)19-13/h3-6,9,19H,7-8,10-11H2,1-2H3,(H,18,22)/t17-/m0/s1. The van der Waals surface area contributed by atoms with Gasteiger partial charge in [0.25, 0.3) is 0 Å². The van der Waals surface area contributed by atoms with Crippen LogP contribution in [0.1, 0.15) is 19.0 Å². The normalized spacial score (nSPS) is 20.7. The summed E-state index contributed by atoms with van der Waals surface area (Å²) in [6.07, 6.45) is 0.624. The summed E-state index contributed by atoms with van der Waals surface area (Å²) < 4.78 is 4.83. The number of para-hydroxylation sites is 1. The van der Waals surface area contributed by atoms with Gasteiger partial charge in [0.2, 0.25) is 0 Å². The molecule has 1 aromatic carbocycles. The van der Waals surface area contributed by atoms with Crippen LogP contribution in [0.3, 0.4) is 0 Å². The number of urea groups is 1. The predicted molar refractivity (Wildman–Crippen MR) is 86.8 cm³/mol. The highest BCUT2D eigenvalue weighted by Crippen LogP contribution is 2.31. The minimum absolute atomic E-state index is 0.156. The van der Waals surface area contributed by atoms with Crippen molar-refractivity contribution in [3.8, 4) is 0 Å². The highest BCUT2D eigenvalue weighted by molar-refractivity contribution is 5.81. The molecule has 0 unspecified atom stereocenters. The summed E-state index contributed by atoms with van der Waals surface area (Å²) in [5.74, 6) is -0.261. The van der Waals surface area contributed by atoms with Crippen molar-refractivity contribution >= 4 is 22.9 Å². The lowest BCUT2D eigenvalue weighted by molar-refractivity contribution is -0.150. The summed E-state index contributed by atoms with van der Waals surface area (Å²) >= 11 is 0. The third kappa shape index (κ3) is 3.02. The molecule has 0 spiro atoms. The number of likely N-dealkylation sites (tertiary alicyclic amines) is 1. The van der Waals surface area contributed by atoms with Crippen LogP contribution in [0.5, 0.6) is 0 Å². The van der Waals surface area contributed by atoms with Gasteiger partial charge in [-0.25, -0.2) is 4.79 Å². The third-order valence-electron chi connectivity index (χ3n) is 4.45. The van der Waals surface area contributed by atoms with Gasteiger partial charge in [-0.1, -0.05) is 18.2 Å². The van der Waals surface area contributed by atoms with Crippen LogP contribution in [0, 0.1) is 5.41 Å². The number of amides is 2. The van der Waals surface area contributed by atoms with Crippen LogP contribution in [0.25, 0.3) is 10.9 Å². The number of nitrogens with one attached hydrogen (secondary N) is 2.